The Kier molecular flexibility index (Phi) is 10.4. The van der Waals surface area contributed by atoms with Crippen molar-refractivity contribution in [3.8, 4) is 11.8 Å². The van der Waals surface area contributed by atoms with E-state index < -0.39 is 11.9 Å². The van der Waals surface area contributed by atoms with Gasteiger partial charge in [-0.25, -0.2) is 0 Å². The number of esters is 1. The molecule has 2 N–H and O–H groups in total. The molecule has 0 aliphatic carbocycles. The van der Waals surface area contributed by atoms with E-state index in [1.54, 1.807) is 0 Å². The topological polar surface area (TPSA) is 89.0 Å². The molecule has 1 saturated heterocycles. The summed E-state index contributed by atoms with van der Waals surface area (Å²) in [5, 5.41) is 0. The Hall–Kier alpha value is -3.86. The van der Waals surface area contributed by atoms with Crippen molar-refractivity contribution >= 4 is 11.9 Å². The second-order valence-corrected chi connectivity index (χ2v) is 9.70. The SMILES string of the molecule is CCCC#CC(c1ccc(COC(=O)CCC(N)=O)o1)N1CCN(C(c2ccccc2)c2ccccc2)CC1. The van der Waals surface area contributed by atoms with Gasteiger partial charge in [-0.05, 0) is 29.7 Å². The summed E-state index contributed by atoms with van der Waals surface area (Å²) in [4.78, 5) is 27.7. The van der Waals surface area contributed by atoms with Crippen LogP contribution in [0.4, 0.5) is 0 Å². The van der Waals surface area contributed by atoms with Gasteiger partial charge >= 0.3 is 5.97 Å². The van der Waals surface area contributed by atoms with Crippen LogP contribution < -0.4 is 5.73 Å². The smallest absolute Gasteiger partial charge is 0.306 e. The van der Waals surface area contributed by atoms with Crippen molar-refractivity contribution in [3.63, 3.8) is 0 Å². The highest BCUT2D eigenvalue weighted by molar-refractivity contribution is 5.79. The predicted molar refractivity (Wildman–Crippen MR) is 150 cm³/mol. The molecule has 0 bridgehead atoms. The van der Waals surface area contributed by atoms with E-state index >= 15 is 0 Å². The minimum atomic E-state index is -0.528. The van der Waals surface area contributed by atoms with Gasteiger partial charge in [0.05, 0.1) is 12.5 Å². The lowest BCUT2D eigenvalue weighted by Gasteiger charge is -2.41. The van der Waals surface area contributed by atoms with Crippen molar-refractivity contribution in [2.75, 3.05) is 26.2 Å². The molecular formula is C32H37N3O4. The van der Waals surface area contributed by atoms with Crippen molar-refractivity contribution < 1.29 is 18.7 Å². The first-order valence-electron chi connectivity index (χ1n) is 13.6. The highest BCUT2D eigenvalue weighted by Crippen LogP contribution is 2.31. The third-order valence-electron chi connectivity index (χ3n) is 6.83. The number of carbonyl (C=O) groups is 2. The number of benzene rings is 2. The molecule has 1 aromatic heterocycles. The summed E-state index contributed by atoms with van der Waals surface area (Å²) in [6, 6.07) is 25.1. The summed E-state index contributed by atoms with van der Waals surface area (Å²) in [6.45, 7) is 5.61. The number of amides is 1. The Balaban J connectivity index is 1.44. The number of nitrogens with two attached hydrogens (primary N) is 1. The molecule has 39 heavy (non-hydrogen) atoms. The highest BCUT2D eigenvalue weighted by Gasteiger charge is 2.30. The largest absolute Gasteiger partial charge is 0.460 e. The molecule has 7 nitrogen and oxygen atoms in total. The van der Waals surface area contributed by atoms with Crippen LogP contribution in [0.1, 0.15) is 67.3 Å². The molecule has 2 aromatic carbocycles. The maximum absolute atomic E-state index is 11.9. The molecule has 1 aliphatic rings. The molecule has 1 amide bonds. The third-order valence-corrected chi connectivity index (χ3v) is 6.83. The van der Waals surface area contributed by atoms with Crippen LogP contribution in [0.15, 0.2) is 77.2 Å². The second-order valence-electron chi connectivity index (χ2n) is 9.70. The van der Waals surface area contributed by atoms with Crippen molar-refractivity contribution in [1.29, 1.82) is 0 Å². The minimum absolute atomic E-state index is 0.0102. The van der Waals surface area contributed by atoms with Crippen LogP contribution in [0.3, 0.4) is 0 Å². The van der Waals surface area contributed by atoms with Crippen molar-refractivity contribution in [2.45, 2.75) is 51.3 Å². The standard InChI is InChI=1S/C32H37N3O4/c1-2-3-6-15-28(29-17-16-27(39-29)24-38-31(37)19-18-30(33)36)34-20-22-35(23-21-34)32(25-11-7-4-8-12-25)26-13-9-5-10-14-26/h4-5,7-14,16-17,28,32H,2-3,18-24H2,1H3,(H2,33,36). The van der Waals surface area contributed by atoms with Gasteiger partial charge in [-0.2, -0.15) is 0 Å². The molecular weight excluding hydrogens is 490 g/mol. The van der Waals surface area contributed by atoms with E-state index in [-0.39, 0.29) is 31.5 Å². The average molecular weight is 528 g/mol. The van der Waals surface area contributed by atoms with Gasteiger partial charge in [-0.1, -0.05) is 73.5 Å². The fourth-order valence-electron chi connectivity index (χ4n) is 4.84. The number of nitrogens with zero attached hydrogens (tertiary/aromatic N) is 2. The molecule has 0 saturated carbocycles. The lowest BCUT2D eigenvalue weighted by molar-refractivity contribution is -0.146. The van der Waals surface area contributed by atoms with Crippen LogP contribution in [0.25, 0.3) is 0 Å². The van der Waals surface area contributed by atoms with Crippen LogP contribution in [-0.4, -0.2) is 47.9 Å². The van der Waals surface area contributed by atoms with Crippen LogP contribution in [0.2, 0.25) is 0 Å². The first-order valence-corrected chi connectivity index (χ1v) is 13.6. The molecule has 1 fully saturated rings. The Labute approximate surface area is 230 Å². The summed E-state index contributed by atoms with van der Waals surface area (Å²) in [7, 11) is 0. The zero-order chi connectivity index (χ0) is 27.5. The lowest BCUT2D eigenvalue weighted by atomic mass is 9.96. The highest BCUT2D eigenvalue weighted by atomic mass is 16.5. The first-order chi connectivity index (χ1) is 19.0. The van der Waals surface area contributed by atoms with Gasteiger partial charge < -0.3 is 14.9 Å². The number of primary amides is 1. The molecule has 204 valence electrons. The Morgan fingerprint density at radius 1 is 0.897 bits per heavy atom. The van der Waals surface area contributed by atoms with E-state index in [2.05, 4.69) is 89.2 Å². The third kappa shape index (κ3) is 8.06. The van der Waals surface area contributed by atoms with E-state index in [1.807, 2.05) is 12.1 Å². The van der Waals surface area contributed by atoms with E-state index in [9.17, 15) is 9.59 Å². The van der Waals surface area contributed by atoms with Gasteiger partial charge in [0.25, 0.3) is 0 Å². The normalized spacial score (nSPS) is 14.9. The molecule has 7 heteroatoms. The van der Waals surface area contributed by atoms with Crippen molar-refractivity contribution in [2.24, 2.45) is 5.73 Å². The summed E-state index contributed by atoms with van der Waals surface area (Å²) < 4.78 is 11.3. The van der Waals surface area contributed by atoms with Crippen molar-refractivity contribution in [3.05, 3.63) is 95.4 Å². The van der Waals surface area contributed by atoms with Crippen LogP contribution in [0.5, 0.6) is 0 Å². The summed E-state index contributed by atoms with van der Waals surface area (Å²) >= 11 is 0. The van der Waals surface area contributed by atoms with E-state index in [0.29, 0.717) is 5.76 Å². The Bertz CT molecular complexity index is 1220. The number of carbonyl (C=O) groups excluding carboxylic acids is 2. The fourth-order valence-corrected chi connectivity index (χ4v) is 4.84. The Morgan fingerprint density at radius 2 is 1.51 bits per heavy atom. The Morgan fingerprint density at radius 3 is 2.10 bits per heavy atom. The van der Waals surface area contributed by atoms with Gasteiger partial charge in [0.1, 0.15) is 24.2 Å². The van der Waals surface area contributed by atoms with Gasteiger partial charge in [0.2, 0.25) is 5.91 Å². The number of piperazine rings is 1. The molecule has 1 atom stereocenters. The number of rotatable bonds is 11. The van der Waals surface area contributed by atoms with E-state index in [1.165, 1.54) is 11.1 Å². The number of hydrogen-bond acceptors (Lipinski definition) is 6. The van der Waals surface area contributed by atoms with Gasteiger partial charge in [-0.15, -0.1) is 5.92 Å². The average Bonchev–Trinajstić information content (AvgIpc) is 3.44. The monoisotopic (exact) mass is 527 g/mol. The maximum atomic E-state index is 11.9. The number of furan rings is 1. The second kappa shape index (κ2) is 14.3. The van der Waals surface area contributed by atoms with Gasteiger partial charge in [0.15, 0.2) is 0 Å². The minimum Gasteiger partial charge on any atom is -0.460 e. The molecule has 0 spiro atoms. The van der Waals surface area contributed by atoms with E-state index in [4.69, 9.17) is 14.9 Å². The molecule has 4 rings (SSSR count). The first kappa shape index (κ1) is 28.2. The molecule has 1 unspecified atom stereocenters. The lowest BCUT2D eigenvalue weighted by Crippen LogP contribution is -2.48. The quantitative estimate of drug-likeness (QED) is 0.284. The molecule has 0 radical (unpaired) electrons. The summed E-state index contributed by atoms with van der Waals surface area (Å²) in [5.41, 5.74) is 7.68. The molecule has 2 heterocycles. The number of ether oxygens (including phenoxy) is 1. The van der Waals surface area contributed by atoms with Crippen LogP contribution in [0, 0.1) is 11.8 Å². The van der Waals surface area contributed by atoms with Gasteiger partial charge in [-0.3, -0.25) is 19.4 Å². The molecule has 1 aliphatic heterocycles. The van der Waals surface area contributed by atoms with Gasteiger partial charge in [0, 0.05) is 39.0 Å². The summed E-state index contributed by atoms with van der Waals surface area (Å²) in [6.07, 6.45) is 1.75. The fraction of sp³-hybridized carbons (Fsp3) is 0.375. The van der Waals surface area contributed by atoms with E-state index in [0.717, 1.165) is 44.8 Å². The predicted octanol–water partition coefficient (Wildman–Crippen LogP) is 4.84. The number of hydrogen-bond donors (Lipinski definition) is 1. The van der Waals surface area contributed by atoms with Crippen LogP contribution >= 0.6 is 0 Å². The zero-order valence-electron chi connectivity index (χ0n) is 22.6. The molecule has 3 aromatic rings. The van der Waals surface area contributed by atoms with Crippen LogP contribution in [-0.2, 0) is 20.9 Å². The van der Waals surface area contributed by atoms with Crippen molar-refractivity contribution in [1.82, 2.24) is 9.80 Å². The maximum Gasteiger partial charge on any atom is 0.306 e. The zero-order valence-corrected chi connectivity index (χ0v) is 22.6. The summed E-state index contributed by atoms with van der Waals surface area (Å²) in [5.74, 6) is 7.03. The number of unbranched alkanes of at least 4 members (excludes halogenated alkanes) is 1.